The van der Waals surface area contributed by atoms with Gasteiger partial charge in [-0.15, -0.1) is 11.3 Å². The molecule has 0 aromatic carbocycles. The lowest BCUT2D eigenvalue weighted by atomic mass is 10.3. The first kappa shape index (κ1) is 9.92. The molecule has 78 valence electrons. The second kappa shape index (κ2) is 3.86. The molecule has 5 heteroatoms. The Hall–Kier alpha value is -1.62. The molecule has 2 aromatic heterocycles. The van der Waals surface area contributed by atoms with Gasteiger partial charge in [0.15, 0.2) is 0 Å². The summed E-state index contributed by atoms with van der Waals surface area (Å²) in [7, 11) is 0. The molecule has 0 aliphatic carbocycles. The fourth-order valence-corrected chi connectivity index (χ4v) is 1.94. The molecular weight excluding hydrogens is 210 g/mol. The van der Waals surface area contributed by atoms with Crippen molar-refractivity contribution in [1.29, 1.82) is 0 Å². The first-order chi connectivity index (χ1) is 7.18. The maximum atomic E-state index is 11.7. The predicted octanol–water partition coefficient (Wildman–Crippen LogP) is 2.34. The van der Waals surface area contributed by atoms with Gasteiger partial charge in [-0.3, -0.25) is 9.89 Å². The predicted molar refractivity (Wildman–Crippen MR) is 60.3 cm³/mol. The Labute approximate surface area is 91.3 Å². The summed E-state index contributed by atoms with van der Waals surface area (Å²) in [6.07, 6.45) is 0. The van der Waals surface area contributed by atoms with Crippen LogP contribution in [0.2, 0.25) is 0 Å². The molecule has 1 amide bonds. The van der Waals surface area contributed by atoms with Crippen molar-refractivity contribution in [3.8, 4) is 0 Å². The highest BCUT2D eigenvalue weighted by molar-refractivity contribution is 7.12. The van der Waals surface area contributed by atoms with Crippen molar-refractivity contribution in [2.75, 3.05) is 5.32 Å². The van der Waals surface area contributed by atoms with E-state index in [-0.39, 0.29) is 5.91 Å². The van der Waals surface area contributed by atoms with E-state index in [1.54, 1.807) is 6.07 Å². The topological polar surface area (TPSA) is 57.8 Å². The average molecular weight is 221 g/mol. The van der Waals surface area contributed by atoms with Gasteiger partial charge in [0.05, 0.1) is 22.0 Å². The SMILES string of the molecule is Cc1n[nH]c(C)c1NC(=O)c1cccs1. The molecule has 0 saturated heterocycles. The number of carbonyl (C=O) groups is 1. The van der Waals surface area contributed by atoms with Gasteiger partial charge in [-0.1, -0.05) is 6.07 Å². The fourth-order valence-electron chi connectivity index (χ4n) is 1.32. The summed E-state index contributed by atoms with van der Waals surface area (Å²) in [5.74, 6) is -0.0856. The molecule has 2 N–H and O–H groups in total. The van der Waals surface area contributed by atoms with Crippen LogP contribution in [-0.4, -0.2) is 16.1 Å². The van der Waals surface area contributed by atoms with E-state index in [2.05, 4.69) is 15.5 Å². The number of H-pyrrole nitrogens is 1. The van der Waals surface area contributed by atoms with Crippen LogP contribution in [0, 0.1) is 13.8 Å². The lowest BCUT2D eigenvalue weighted by molar-refractivity contribution is 0.103. The zero-order valence-electron chi connectivity index (χ0n) is 8.50. The second-order valence-corrected chi connectivity index (χ2v) is 4.19. The Kier molecular flexibility index (Phi) is 2.55. The molecule has 0 aliphatic rings. The number of aryl methyl sites for hydroxylation is 2. The molecule has 2 rings (SSSR count). The molecule has 15 heavy (non-hydrogen) atoms. The number of amides is 1. The van der Waals surface area contributed by atoms with Gasteiger partial charge in [0.1, 0.15) is 0 Å². The van der Waals surface area contributed by atoms with Crippen LogP contribution in [0.15, 0.2) is 17.5 Å². The van der Waals surface area contributed by atoms with Crippen LogP contribution in [0.3, 0.4) is 0 Å². The average Bonchev–Trinajstić information content (AvgIpc) is 2.82. The Balaban J connectivity index is 2.20. The Morgan fingerprint density at radius 1 is 1.53 bits per heavy atom. The van der Waals surface area contributed by atoms with E-state index in [0.29, 0.717) is 4.88 Å². The molecule has 0 saturated carbocycles. The van der Waals surface area contributed by atoms with E-state index >= 15 is 0 Å². The largest absolute Gasteiger partial charge is 0.318 e. The highest BCUT2D eigenvalue weighted by Gasteiger charge is 2.11. The molecule has 0 radical (unpaired) electrons. The number of carbonyl (C=O) groups excluding carboxylic acids is 1. The summed E-state index contributed by atoms with van der Waals surface area (Å²) in [4.78, 5) is 12.4. The van der Waals surface area contributed by atoms with Crippen molar-refractivity contribution in [1.82, 2.24) is 10.2 Å². The normalized spacial score (nSPS) is 10.3. The third kappa shape index (κ3) is 1.92. The van der Waals surface area contributed by atoms with Gasteiger partial charge >= 0.3 is 0 Å². The van der Waals surface area contributed by atoms with Gasteiger partial charge in [-0.25, -0.2) is 0 Å². The number of nitrogens with zero attached hydrogens (tertiary/aromatic N) is 1. The number of thiophene rings is 1. The van der Waals surface area contributed by atoms with E-state index in [1.807, 2.05) is 25.3 Å². The number of rotatable bonds is 2. The zero-order chi connectivity index (χ0) is 10.8. The zero-order valence-corrected chi connectivity index (χ0v) is 9.31. The maximum absolute atomic E-state index is 11.7. The number of hydrogen-bond acceptors (Lipinski definition) is 3. The van der Waals surface area contributed by atoms with Crippen LogP contribution < -0.4 is 5.32 Å². The van der Waals surface area contributed by atoms with Crippen LogP contribution in [0.5, 0.6) is 0 Å². The molecule has 2 aromatic rings. The summed E-state index contributed by atoms with van der Waals surface area (Å²) in [6.45, 7) is 3.73. The number of aromatic amines is 1. The van der Waals surface area contributed by atoms with Crippen LogP contribution in [0.4, 0.5) is 5.69 Å². The number of nitrogens with one attached hydrogen (secondary N) is 2. The van der Waals surface area contributed by atoms with E-state index in [9.17, 15) is 4.79 Å². The first-order valence-electron chi connectivity index (χ1n) is 4.55. The van der Waals surface area contributed by atoms with Gasteiger partial charge in [0, 0.05) is 0 Å². The fraction of sp³-hybridized carbons (Fsp3) is 0.200. The minimum Gasteiger partial charge on any atom is -0.318 e. The van der Waals surface area contributed by atoms with E-state index in [1.165, 1.54) is 11.3 Å². The Morgan fingerprint density at radius 2 is 2.33 bits per heavy atom. The minimum atomic E-state index is -0.0856. The summed E-state index contributed by atoms with van der Waals surface area (Å²) >= 11 is 1.42. The van der Waals surface area contributed by atoms with Gasteiger partial charge in [0.2, 0.25) is 0 Å². The van der Waals surface area contributed by atoms with Gasteiger partial charge in [0.25, 0.3) is 5.91 Å². The van der Waals surface area contributed by atoms with Crippen LogP contribution >= 0.6 is 11.3 Å². The second-order valence-electron chi connectivity index (χ2n) is 3.24. The van der Waals surface area contributed by atoms with Gasteiger partial charge < -0.3 is 5.32 Å². The van der Waals surface area contributed by atoms with E-state index < -0.39 is 0 Å². The van der Waals surface area contributed by atoms with E-state index in [4.69, 9.17) is 0 Å². The maximum Gasteiger partial charge on any atom is 0.265 e. The monoisotopic (exact) mass is 221 g/mol. The first-order valence-corrected chi connectivity index (χ1v) is 5.43. The lowest BCUT2D eigenvalue weighted by Gasteiger charge is -2.02. The van der Waals surface area contributed by atoms with Crippen molar-refractivity contribution in [3.05, 3.63) is 33.8 Å². The lowest BCUT2D eigenvalue weighted by Crippen LogP contribution is -2.11. The molecule has 0 atom stereocenters. The summed E-state index contributed by atoms with van der Waals surface area (Å²) in [5.41, 5.74) is 2.45. The molecule has 4 nitrogen and oxygen atoms in total. The van der Waals surface area contributed by atoms with Gasteiger partial charge in [-0.05, 0) is 25.3 Å². The highest BCUT2D eigenvalue weighted by Crippen LogP contribution is 2.18. The van der Waals surface area contributed by atoms with Gasteiger partial charge in [-0.2, -0.15) is 5.10 Å². The molecule has 0 aliphatic heterocycles. The van der Waals surface area contributed by atoms with Crippen molar-refractivity contribution in [2.24, 2.45) is 0 Å². The number of anilines is 1. The smallest absolute Gasteiger partial charge is 0.265 e. The Bertz CT molecular complexity index is 453. The van der Waals surface area contributed by atoms with E-state index in [0.717, 1.165) is 17.1 Å². The third-order valence-electron chi connectivity index (χ3n) is 2.11. The Morgan fingerprint density at radius 3 is 2.87 bits per heavy atom. The summed E-state index contributed by atoms with van der Waals surface area (Å²) in [6, 6.07) is 3.65. The van der Waals surface area contributed by atoms with Crippen molar-refractivity contribution >= 4 is 22.9 Å². The minimum absolute atomic E-state index is 0.0856. The number of hydrogen-bond donors (Lipinski definition) is 2. The van der Waals surface area contributed by atoms with Crippen LogP contribution in [0.1, 0.15) is 21.1 Å². The molecular formula is C10H11N3OS. The summed E-state index contributed by atoms with van der Waals surface area (Å²) < 4.78 is 0. The van der Waals surface area contributed by atoms with Crippen LogP contribution in [0.25, 0.3) is 0 Å². The number of aromatic nitrogens is 2. The van der Waals surface area contributed by atoms with Crippen molar-refractivity contribution < 1.29 is 4.79 Å². The van der Waals surface area contributed by atoms with Crippen LogP contribution in [-0.2, 0) is 0 Å². The molecule has 0 fully saturated rings. The summed E-state index contributed by atoms with van der Waals surface area (Å²) in [5, 5.41) is 11.6. The highest BCUT2D eigenvalue weighted by atomic mass is 32.1. The third-order valence-corrected chi connectivity index (χ3v) is 2.98. The molecule has 2 heterocycles. The quantitative estimate of drug-likeness (QED) is 0.817. The van der Waals surface area contributed by atoms with Crippen molar-refractivity contribution in [2.45, 2.75) is 13.8 Å². The molecule has 0 bridgehead atoms. The van der Waals surface area contributed by atoms with Crippen molar-refractivity contribution in [3.63, 3.8) is 0 Å². The molecule has 0 unspecified atom stereocenters. The molecule has 0 spiro atoms. The standard InChI is InChI=1S/C10H11N3OS/c1-6-9(7(2)13-12-6)11-10(14)8-4-3-5-15-8/h3-5H,1-2H3,(H,11,14)(H,12,13).